The van der Waals surface area contributed by atoms with E-state index in [1.807, 2.05) is 6.92 Å². The fourth-order valence-corrected chi connectivity index (χ4v) is 3.21. The van der Waals surface area contributed by atoms with Crippen molar-refractivity contribution in [3.63, 3.8) is 0 Å². The Bertz CT molecular complexity index is 285. The van der Waals surface area contributed by atoms with Crippen LogP contribution in [-0.4, -0.2) is 25.3 Å². The Hall–Kier alpha value is -0.570. The first-order valence-corrected chi connectivity index (χ1v) is 6.84. The molecule has 1 saturated carbocycles. The van der Waals surface area contributed by atoms with Gasteiger partial charge in [-0.3, -0.25) is 4.79 Å². The molecule has 1 aliphatic carbocycles. The molecule has 2 aliphatic rings. The van der Waals surface area contributed by atoms with Crippen LogP contribution < -0.4 is 0 Å². The van der Waals surface area contributed by atoms with Gasteiger partial charge in [0.05, 0.1) is 25.7 Å². The zero-order valence-corrected chi connectivity index (χ0v) is 11.2. The van der Waals surface area contributed by atoms with Crippen molar-refractivity contribution in [1.82, 2.24) is 0 Å². The van der Waals surface area contributed by atoms with Crippen molar-refractivity contribution in [2.45, 2.75) is 52.6 Å². The lowest BCUT2D eigenvalue weighted by molar-refractivity contribution is -0.147. The Kier molecular flexibility index (Phi) is 3.76. The third-order valence-electron chi connectivity index (χ3n) is 4.62. The summed E-state index contributed by atoms with van der Waals surface area (Å²) in [5, 5.41) is 0. The van der Waals surface area contributed by atoms with Gasteiger partial charge in [0.2, 0.25) is 0 Å². The summed E-state index contributed by atoms with van der Waals surface area (Å²) in [7, 11) is 0. The fourth-order valence-electron chi connectivity index (χ4n) is 3.21. The predicted octanol–water partition coefficient (Wildman–Crippen LogP) is 2.78. The number of carbonyl (C=O) groups excluding carboxylic acids is 1. The van der Waals surface area contributed by atoms with Gasteiger partial charge in [-0.25, -0.2) is 0 Å². The molecule has 17 heavy (non-hydrogen) atoms. The summed E-state index contributed by atoms with van der Waals surface area (Å²) in [6.07, 6.45) is 4.28. The number of ether oxygens (including phenoxy) is 2. The first-order valence-electron chi connectivity index (χ1n) is 6.84. The third kappa shape index (κ3) is 2.82. The van der Waals surface area contributed by atoms with Gasteiger partial charge in [-0.15, -0.1) is 0 Å². The third-order valence-corrected chi connectivity index (χ3v) is 4.62. The Morgan fingerprint density at radius 3 is 2.65 bits per heavy atom. The molecule has 0 amide bonds. The van der Waals surface area contributed by atoms with Crippen molar-refractivity contribution in [3.8, 4) is 0 Å². The Labute approximate surface area is 104 Å². The van der Waals surface area contributed by atoms with Crippen LogP contribution in [0.1, 0.15) is 46.5 Å². The number of hydrogen-bond donors (Lipinski definition) is 0. The number of rotatable bonds is 4. The van der Waals surface area contributed by atoms with E-state index in [0.717, 1.165) is 25.4 Å². The summed E-state index contributed by atoms with van der Waals surface area (Å²) >= 11 is 0. The SMILES string of the molecule is CCOC(=O)CC1(C2CO2)CCC(C)C(C)C1. The summed E-state index contributed by atoms with van der Waals surface area (Å²) in [5.74, 6) is 1.40. The van der Waals surface area contributed by atoms with Gasteiger partial charge >= 0.3 is 5.97 Å². The fraction of sp³-hybridized carbons (Fsp3) is 0.929. The molecule has 1 aliphatic heterocycles. The zero-order chi connectivity index (χ0) is 12.5. The highest BCUT2D eigenvalue weighted by atomic mass is 16.6. The second kappa shape index (κ2) is 4.97. The quantitative estimate of drug-likeness (QED) is 0.560. The Balaban J connectivity index is 2.02. The van der Waals surface area contributed by atoms with Gasteiger partial charge in [0.1, 0.15) is 0 Å². The normalized spacial score (nSPS) is 41.0. The molecular weight excluding hydrogens is 216 g/mol. The van der Waals surface area contributed by atoms with Crippen molar-refractivity contribution in [2.24, 2.45) is 17.3 Å². The maximum absolute atomic E-state index is 11.8. The first-order chi connectivity index (χ1) is 8.07. The number of hydrogen-bond acceptors (Lipinski definition) is 3. The lowest BCUT2D eigenvalue weighted by Crippen LogP contribution is -2.38. The topological polar surface area (TPSA) is 38.8 Å². The smallest absolute Gasteiger partial charge is 0.306 e. The van der Waals surface area contributed by atoms with Crippen LogP contribution in [0.5, 0.6) is 0 Å². The lowest BCUT2D eigenvalue weighted by atomic mass is 9.63. The van der Waals surface area contributed by atoms with E-state index in [0.29, 0.717) is 25.0 Å². The maximum Gasteiger partial charge on any atom is 0.306 e. The molecule has 3 nitrogen and oxygen atoms in total. The molecule has 1 heterocycles. The highest BCUT2D eigenvalue weighted by molar-refractivity contribution is 5.70. The van der Waals surface area contributed by atoms with Crippen LogP contribution in [0.3, 0.4) is 0 Å². The highest BCUT2D eigenvalue weighted by Crippen LogP contribution is 2.51. The molecule has 2 fully saturated rings. The summed E-state index contributed by atoms with van der Waals surface area (Å²) in [6.45, 7) is 7.79. The van der Waals surface area contributed by atoms with E-state index in [2.05, 4.69) is 13.8 Å². The predicted molar refractivity (Wildman–Crippen MR) is 65.6 cm³/mol. The summed E-state index contributed by atoms with van der Waals surface area (Å²) < 4.78 is 10.6. The molecule has 0 bridgehead atoms. The number of epoxide rings is 1. The standard InChI is InChI=1S/C14H24O3/c1-4-16-13(15)8-14(12-9-17-12)6-5-10(2)11(3)7-14/h10-12H,4-9H2,1-3H3. The van der Waals surface area contributed by atoms with Crippen LogP contribution in [0.4, 0.5) is 0 Å². The minimum atomic E-state index is -0.0512. The highest BCUT2D eigenvalue weighted by Gasteiger charge is 2.51. The molecule has 4 unspecified atom stereocenters. The van der Waals surface area contributed by atoms with Crippen LogP contribution in [0.15, 0.2) is 0 Å². The van der Waals surface area contributed by atoms with E-state index >= 15 is 0 Å². The van der Waals surface area contributed by atoms with Crippen molar-refractivity contribution >= 4 is 5.97 Å². The molecule has 98 valence electrons. The van der Waals surface area contributed by atoms with Crippen LogP contribution in [0, 0.1) is 17.3 Å². The van der Waals surface area contributed by atoms with E-state index in [1.54, 1.807) is 0 Å². The van der Waals surface area contributed by atoms with Crippen molar-refractivity contribution < 1.29 is 14.3 Å². The minimum Gasteiger partial charge on any atom is -0.466 e. The molecule has 0 aromatic carbocycles. The molecule has 4 atom stereocenters. The van der Waals surface area contributed by atoms with Gasteiger partial charge in [0.25, 0.3) is 0 Å². The second-order valence-electron chi connectivity index (χ2n) is 5.86. The Morgan fingerprint density at radius 2 is 2.12 bits per heavy atom. The summed E-state index contributed by atoms with van der Waals surface area (Å²) in [4.78, 5) is 11.8. The van der Waals surface area contributed by atoms with Crippen molar-refractivity contribution in [1.29, 1.82) is 0 Å². The van der Waals surface area contributed by atoms with Gasteiger partial charge in [-0.05, 0) is 38.0 Å². The Morgan fingerprint density at radius 1 is 1.41 bits per heavy atom. The average Bonchev–Trinajstić information content (AvgIpc) is 3.08. The van der Waals surface area contributed by atoms with Crippen LogP contribution in [0.25, 0.3) is 0 Å². The summed E-state index contributed by atoms with van der Waals surface area (Å²) in [5.41, 5.74) is 0.0676. The van der Waals surface area contributed by atoms with Crippen molar-refractivity contribution in [2.75, 3.05) is 13.2 Å². The van der Waals surface area contributed by atoms with E-state index < -0.39 is 0 Å². The monoisotopic (exact) mass is 240 g/mol. The van der Waals surface area contributed by atoms with Crippen LogP contribution in [0.2, 0.25) is 0 Å². The maximum atomic E-state index is 11.8. The first kappa shape index (κ1) is 12.9. The van der Waals surface area contributed by atoms with E-state index in [4.69, 9.17) is 9.47 Å². The van der Waals surface area contributed by atoms with Gasteiger partial charge in [0, 0.05) is 5.41 Å². The molecule has 1 saturated heterocycles. The molecule has 0 radical (unpaired) electrons. The lowest BCUT2D eigenvalue weighted by Gasteiger charge is -2.41. The number of esters is 1. The molecule has 0 N–H and O–H groups in total. The van der Waals surface area contributed by atoms with Gasteiger partial charge < -0.3 is 9.47 Å². The van der Waals surface area contributed by atoms with E-state index in [1.165, 1.54) is 6.42 Å². The molecule has 3 heteroatoms. The molecular formula is C14H24O3. The van der Waals surface area contributed by atoms with E-state index in [-0.39, 0.29) is 11.4 Å². The minimum absolute atomic E-state index is 0.0512. The average molecular weight is 240 g/mol. The number of carbonyl (C=O) groups is 1. The summed E-state index contributed by atoms with van der Waals surface area (Å²) in [6, 6.07) is 0. The second-order valence-corrected chi connectivity index (χ2v) is 5.86. The van der Waals surface area contributed by atoms with Gasteiger partial charge in [-0.1, -0.05) is 13.8 Å². The van der Waals surface area contributed by atoms with E-state index in [9.17, 15) is 4.79 Å². The molecule has 0 aromatic rings. The molecule has 0 spiro atoms. The van der Waals surface area contributed by atoms with Crippen LogP contribution in [-0.2, 0) is 14.3 Å². The molecule has 0 aromatic heterocycles. The largest absolute Gasteiger partial charge is 0.466 e. The van der Waals surface area contributed by atoms with Crippen molar-refractivity contribution in [3.05, 3.63) is 0 Å². The zero-order valence-electron chi connectivity index (χ0n) is 11.2. The molecule has 2 rings (SSSR count). The van der Waals surface area contributed by atoms with Gasteiger partial charge in [0.15, 0.2) is 0 Å². The van der Waals surface area contributed by atoms with Gasteiger partial charge in [-0.2, -0.15) is 0 Å². The van der Waals surface area contributed by atoms with Crippen LogP contribution >= 0.6 is 0 Å².